The van der Waals surface area contributed by atoms with Crippen LogP contribution in [-0.2, 0) is 0 Å². The van der Waals surface area contributed by atoms with E-state index in [4.69, 9.17) is 11.1 Å². The summed E-state index contributed by atoms with van der Waals surface area (Å²) in [6, 6.07) is 3.73. The van der Waals surface area contributed by atoms with Gasteiger partial charge < -0.3 is 5.73 Å². The van der Waals surface area contributed by atoms with Crippen LogP contribution in [-0.4, -0.2) is 21.4 Å². The van der Waals surface area contributed by atoms with Crippen LogP contribution in [0.4, 0.5) is 15.9 Å². The third-order valence-electron chi connectivity index (χ3n) is 2.10. The first-order chi connectivity index (χ1) is 8.50. The van der Waals surface area contributed by atoms with Crippen LogP contribution in [0.3, 0.4) is 0 Å². The van der Waals surface area contributed by atoms with E-state index >= 15 is 0 Å². The largest absolute Gasteiger partial charge is 0.379 e. The highest BCUT2D eigenvalue weighted by Gasteiger charge is 2.19. The Labute approximate surface area is 109 Å². The molecule has 0 bridgehead atoms. The number of nitrogens with one attached hydrogen (secondary N) is 1. The van der Waals surface area contributed by atoms with Gasteiger partial charge in [0.2, 0.25) is 0 Å². The van der Waals surface area contributed by atoms with Gasteiger partial charge in [-0.25, -0.2) is 14.1 Å². The molecule has 9 heteroatoms. The Morgan fingerprint density at radius 3 is 2.78 bits per heavy atom. The molecule has 1 aromatic carbocycles. The van der Waals surface area contributed by atoms with Gasteiger partial charge in [-0.05, 0) is 44.4 Å². The summed E-state index contributed by atoms with van der Waals surface area (Å²) in [5.41, 5.74) is 5.45. The first-order valence-corrected chi connectivity index (χ1v) is 5.41. The predicted molar refractivity (Wildman–Crippen MR) is 63.9 cm³/mol. The van der Waals surface area contributed by atoms with Crippen LogP contribution in [0, 0.1) is 11.2 Å². The van der Waals surface area contributed by atoms with Crippen molar-refractivity contribution in [3.05, 3.63) is 34.2 Å². The summed E-state index contributed by atoms with van der Waals surface area (Å²) < 4.78 is 17.5. The van der Waals surface area contributed by atoms with Crippen LogP contribution in [0.2, 0.25) is 0 Å². The van der Waals surface area contributed by atoms with Crippen molar-refractivity contribution in [3.63, 3.8) is 0 Å². The Morgan fingerprint density at radius 2 is 2.22 bits per heavy atom. The molecule has 7 nitrogen and oxygen atoms in total. The lowest BCUT2D eigenvalue weighted by molar-refractivity contribution is 0.300. The third kappa shape index (κ3) is 2.17. The van der Waals surface area contributed by atoms with Crippen LogP contribution in [0.15, 0.2) is 27.3 Å². The van der Waals surface area contributed by atoms with Crippen LogP contribution in [0.25, 0.3) is 0 Å². The summed E-state index contributed by atoms with van der Waals surface area (Å²) in [4.78, 5) is 0. The maximum Gasteiger partial charge on any atom is 0.199 e. The molecule has 2 aromatic rings. The zero-order valence-corrected chi connectivity index (χ0v) is 10.3. The Hall–Kier alpha value is -2.00. The SMILES string of the molecule is N=C(c1nonc1N)N(O)c1ccc(F)c(Br)c1. The highest BCUT2D eigenvalue weighted by atomic mass is 79.9. The number of aromatic nitrogens is 2. The molecule has 0 amide bonds. The van der Waals surface area contributed by atoms with E-state index in [1.165, 1.54) is 12.1 Å². The number of nitrogens with two attached hydrogens (primary N) is 1. The van der Waals surface area contributed by atoms with Crippen molar-refractivity contribution in [1.82, 2.24) is 10.3 Å². The quantitative estimate of drug-likeness (QED) is 0.442. The lowest BCUT2D eigenvalue weighted by Crippen LogP contribution is -2.28. The standard InChI is InChI=1S/C9H7BrFN5O2/c10-5-3-4(1-2-6(5)11)16(17)9(13)7-8(12)15-18-14-7/h1-3,13,17H,(H2,12,15). The van der Waals surface area contributed by atoms with Crippen molar-refractivity contribution in [2.75, 3.05) is 10.8 Å². The van der Waals surface area contributed by atoms with Crippen LogP contribution >= 0.6 is 15.9 Å². The van der Waals surface area contributed by atoms with Crippen LogP contribution in [0.1, 0.15) is 5.69 Å². The van der Waals surface area contributed by atoms with Gasteiger partial charge in [-0.3, -0.25) is 10.6 Å². The predicted octanol–water partition coefficient (Wildman–Crippen LogP) is 1.77. The molecule has 18 heavy (non-hydrogen) atoms. The number of amidine groups is 1. The van der Waals surface area contributed by atoms with Crippen LogP contribution < -0.4 is 10.8 Å². The van der Waals surface area contributed by atoms with E-state index in [2.05, 4.69) is 30.9 Å². The van der Waals surface area contributed by atoms with Crippen molar-refractivity contribution in [2.45, 2.75) is 0 Å². The number of rotatable bonds is 2. The molecule has 0 unspecified atom stereocenters. The van der Waals surface area contributed by atoms with E-state index in [0.717, 1.165) is 6.07 Å². The molecule has 0 aliphatic rings. The van der Waals surface area contributed by atoms with Crippen molar-refractivity contribution < 1.29 is 14.2 Å². The zero-order valence-electron chi connectivity index (χ0n) is 8.76. The smallest absolute Gasteiger partial charge is 0.199 e. The van der Waals surface area contributed by atoms with Crippen LogP contribution in [0.5, 0.6) is 0 Å². The zero-order chi connectivity index (χ0) is 13.3. The number of anilines is 2. The average molecular weight is 316 g/mol. The second-order valence-electron chi connectivity index (χ2n) is 3.26. The minimum Gasteiger partial charge on any atom is -0.379 e. The Morgan fingerprint density at radius 1 is 1.50 bits per heavy atom. The molecule has 1 heterocycles. The molecule has 1 aromatic heterocycles. The van der Waals surface area contributed by atoms with Gasteiger partial charge in [0.25, 0.3) is 0 Å². The molecule has 0 fully saturated rings. The van der Waals surface area contributed by atoms with Gasteiger partial charge in [0, 0.05) is 0 Å². The monoisotopic (exact) mass is 315 g/mol. The number of hydroxylamine groups is 1. The lowest BCUT2D eigenvalue weighted by Gasteiger charge is -2.16. The fourth-order valence-electron chi connectivity index (χ4n) is 1.21. The van der Waals surface area contributed by atoms with Crippen molar-refractivity contribution >= 4 is 33.3 Å². The van der Waals surface area contributed by atoms with Gasteiger partial charge in [0.1, 0.15) is 5.82 Å². The normalized spacial score (nSPS) is 10.4. The van der Waals surface area contributed by atoms with Crippen molar-refractivity contribution in [1.29, 1.82) is 5.41 Å². The third-order valence-corrected chi connectivity index (χ3v) is 2.71. The summed E-state index contributed by atoms with van der Waals surface area (Å²) >= 11 is 2.97. The molecule has 0 saturated carbocycles. The Bertz CT molecular complexity index is 602. The van der Waals surface area contributed by atoms with E-state index in [1.54, 1.807) is 0 Å². The van der Waals surface area contributed by atoms with E-state index in [9.17, 15) is 9.60 Å². The number of hydrogen-bond acceptors (Lipinski definition) is 6. The van der Waals surface area contributed by atoms with Gasteiger partial charge in [0.05, 0.1) is 10.2 Å². The number of hydrogen-bond donors (Lipinski definition) is 3. The van der Waals surface area contributed by atoms with E-state index in [-0.39, 0.29) is 21.7 Å². The van der Waals surface area contributed by atoms with E-state index in [1.807, 2.05) is 0 Å². The van der Waals surface area contributed by atoms with Crippen molar-refractivity contribution in [2.24, 2.45) is 0 Å². The van der Waals surface area contributed by atoms with E-state index < -0.39 is 11.7 Å². The molecule has 0 radical (unpaired) electrons. The molecule has 0 aliphatic heterocycles. The molecule has 0 spiro atoms. The number of benzene rings is 1. The van der Waals surface area contributed by atoms with Gasteiger partial charge in [-0.2, -0.15) is 0 Å². The Kier molecular flexibility index (Phi) is 3.26. The van der Waals surface area contributed by atoms with E-state index in [0.29, 0.717) is 5.06 Å². The highest BCUT2D eigenvalue weighted by molar-refractivity contribution is 9.10. The fraction of sp³-hybridized carbons (Fsp3) is 0. The minimum absolute atomic E-state index is 0.113. The second kappa shape index (κ2) is 4.70. The molecule has 2 rings (SSSR count). The maximum absolute atomic E-state index is 13.0. The molecule has 4 N–H and O–H groups in total. The summed E-state index contributed by atoms with van der Waals surface area (Å²) in [7, 11) is 0. The molecule has 94 valence electrons. The molecule has 0 saturated heterocycles. The maximum atomic E-state index is 13.0. The molecular formula is C9H7BrFN5O2. The second-order valence-corrected chi connectivity index (χ2v) is 4.11. The number of nitrogens with zero attached hydrogens (tertiary/aromatic N) is 3. The topological polar surface area (TPSA) is 112 Å². The summed E-state index contributed by atoms with van der Waals surface area (Å²) in [5, 5.41) is 24.6. The van der Waals surface area contributed by atoms with Crippen molar-refractivity contribution in [3.8, 4) is 0 Å². The molecule has 0 aliphatic carbocycles. The van der Waals surface area contributed by atoms with Gasteiger partial charge in [-0.1, -0.05) is 0 Å². The summed E-state index contributed by atoms with van der Waals surface area (Å²) in [6.07, 6.45) is 0. The number of nitrogen functional groups attached to an aromatic ring is 1. The summed E-state index contributed by atoms with van der Waals surface area (Å²) in [6.45, 7) is 0. The highest BCUT2D eigenvalue weighted by Crippen LogP contribution is 2.23. The average Bonchev–Trinajstić information content (AvgIpc) is 2.77. The number of halogens is 2. The van der Waals surface area contributed by atoms with Gasteiger partial charge in [-0.15, -0.1) is 0 Å². The lowest BCUT2D eigenvalue weighted by atomic mass is 10.3. The molecular weight excluding hydrogens is 309 g/mol. The minimum atomic E-state index is -0.485. The van der Waals surface area contributed by atoms with Gasteiger partial charge in [0.15, 0.2) is 17.3 Å². The fourth-order valence-corrected chi connectivity index (χ4v) is 1.57. The van der Waals surface area contributed by atoms with Gasteiger partial charge >= 0.3 is 0 Å². The first-order valence-electron chi connectivity index (χ1n) is 4.61. The molecule has 0 atom stereocenters. The summed E-state index contributed by atoms with van der Waals surface area (Å²) in [5.74, 6) is -1.05. The Balaban J connectivity index is 2.31. The first kappa shape index (κ1) is 12.5.